The fraction of sp³-hybridized carbons (Fsp3) is 0.0833. The summed E-state index contributed by atoms with van der Waals surface area (Å²) in [5.74, 6) is -0.520. The average Bonchev–Trinajstić information content (AvgIpc) is 2.95. The van der Waals surface area contributed by atoms with Crippen LogP contribution in [0.3, 0.4) is 0 Å². The van der Waals surface area contributed by atoms with Crippen molar-refractivity contribution in [1.29, 1.82) is 0 Å². The zero-order valence-electron chi connectivity index (χ0n) is 10.5. The predicted molar refractivity (Wildman–Crippen MR) is 73.3 cm³/mol. The van der Waals surface area contributed by atoms with Gasteiger partial charge in [-0.1, -0.05) is 0 Å². The van der Waals surface area contributed by atoms with E-state index in [0.29, 0.717) is 12.1 Å². The standard InChI is InChI=1S/C12H8N6O3/c19-9-4-10(20)8(18-21)3-7(9)16-17-12-11-6(1-2-13-11)14-5-15-12/h2-5,19-20H,1H2. The number of aromatic hydroxyl groups is 2. The molecule has 0 unspecified atom stereocenters. The molecule has 1 aromatic heterocycles. The van der Waals surface area contributed by atoms with Gasteiger partial charge in [0.05, 0.1) is 5.69 Å². The number of hydrogen-bond acceptors (Lipinski definition) is 9. The molecule has 0 radical (unpaired) electrons. The highest BCUT2D eigenvalue weighted by Gasteiger charge is 2.14. The minimum Gasteiger partial charge on any atom is -0.505 e. The number of nitrogens with zero attached hydrogens (tertiary/aromatic N) is 6. The smallest absolute Gasteiger partial charge is 0.203 e. The number of nitroso groups, excluding NO2 is 1. The number of rotatable bonds is 3. The van der Waals surface area contributed by atoms with Gasteiger partial charge in [-0.05, 0) is 5.18 Å². The first-order valence-electron chi connectivity index (χ1n) is 5.86. The molecule has 2 N–H and O–H groups in total. The zero-order valence-corrected chi connectivity index (χ0v) is 10.5. The molecule has 1 aliphatic rings. The van der Waals surface area contributed by atoms with Crippen molar-refractivity contribution in [1.82, 2.24) is 9.97 Å². The van der Waals surface area contributed by atoms with E-state index >= 15 is 0 Å². The SMILES string of the molecule is O=Nc1cc(N=Nc2ncnc3c2N=CC3)c(O)cc1O. The number of azo groups is 1. The largest absolute Gasteiger partial charge is 0.505 e. The van der Waals surface area contributed by atoms with Crippen LogP contribution in [-0.2, 0) is 6.42 Å². The summed E-state index contributed by atoms with van der Waals surface area (Å²) in [6.07, 6.45) is 3.63. The van der Waals surface area contributed by atoms with Crippen LogP contribution in [0.5, 0.6) is 11.5 Å². The van der Waals surface area contributed by atoms with Gasteiger partial charge < -0.3 is 10.2 Å². The molecular formula is C12H8N6O3. The average molecular weight is 284 g/mol. The molecule has 0 saturated carbocycles. The van der Waals surface area contributed by atoms with Gasteiger partial charge in [-0.2, -0.15) is 0 Å². The second-order valence-electron chi connectivity index (χ2n) is 4.13. The van der Waals surface area contributed by atoms with Crippen LogP contribution in [0.25, 0.3) is 0 Å². The molecular weight excluding hydrogens is 276 g/mol. The highest BCUT2D eigenvalue weighted by atomic mass is 16.3. The predicted octanol–water partition coefficient (Wildman–Crippen LogP) is 2.96. The van der Waals surface area contributed by atoms with Gasteiger partial charge >= 0.3 is 0 Å². The molecule has 2 aromatic rings. The summed E-state index contributed by atoms with van der Waals surface area (Å²) in [6, 6.07) is 2.08. The van der Waals surface area contributed by atoms with Crippen LogP contribution >= 0.6 is 0 Å². The molecule has 0 spiro atoms. The molecule has 0 aliphatic carbocycles. The molecule has 3 rings (SSSR count). The van der Waals surface area contributed by atoms with Crippen LogP contribution in [0.4, 0.5) is 22.9 Å². The zero-order chi connectivity index (χ0) is 14.8. The van der Waals surface area contributed by atoms with E-state index in [-0.39, 0.29) is 22.9 Å². The Morgan fingerprint density at radius 1 is 1.05 bits per heavy atom. The third-order valence-corrected chi connectivity index (χ3v) is 2.81. The summed E-state index contributed by atoms with van der Waals surface area (Å²) in [6.45, 7) is 0. The lowest BCUT2D eigenvalue weighted by molar-refractivity contribution is 0.452. The van der Waals surface area contributed by atoms with Gasteiger partial charge in [-0.25, -0.2) is 9.97 Å². The minimum atomic E-state index is -0.436. The molecule has 0 fully saturated rings. The van der Waals surface area contributed by atoms with E-state index in [9.17, 15) is 15.1 Å². The van der Waals surface area contributed by atoms with Crippen molar-refractivity contribution in [3.63, 3.8) is 0 Å². The number of aliphatic imine (C=N–C) groups is 1. The van der Waals surface area contributed by atoms with E-state index in [1.807, 2.05) is 0 Å². The van der Waals surface area contributed by atoms with Crippen molar-refractivity contribution in [2.24, 2.45) is 20.4 Å². The Labute approximate surface area is 117 Å². The van der Waals surface area contributed by atoms with E-state index in [4.69, 9.17) is 0 Å². The van der Waals surface area contributed by atoms with Crippen molar-refractivity contribution in [3.05, 3.63) is 29.1 Å². The van der Waals surface area contributed by atoms with Crippen molar-refractivity contribution in [3.8, 4) is 11.5 Å². The van der Waals surface area contributed by atoms with Crippen molar-refractivity contribution < 1.29 is 10.2 Å². The molecule has 0 bridgehead atoms. The summed E-state index contributed by atoms with van der Waals surface area (Å²) in [4.78, 5) is 22.6. The van der Waals surface area contributed by atoms with Gasteiger partial charge in [0, 0.05) is 24.8 Å². The molecule has 1 aromatic carbocycles. The summed E-state index contributed by atoms with van der Waals surface area (Å²) < 4.78 is 0. The highest BCUT2D eigenvalue weighted by Crippen LogP contribution is 2.39. The molecule has 0 atom stereocenters. The van der Waals surface area contributed by atoms with E-state index in [0.717, 1.165) is 17.8 Å². The van der Waals surface area contributed by atoms with Crippen LogP contribution < -0.4 is 0 Å². The van der Waals surface area contributed by atoms with E-state index in [1.54, 1.807) is 6.21 Å². The Hall–Kier alpha value is -3.23. The van der Waals surface area contributed by atoms with E-state index < -0.39 is 5.75 Å². The summed E-state index contributed by atoms with van der Waals surface area (Å²) in [7, 11) is 0. The van der Waals surface area contributed by atoms with Gasteiger partial charge in [0.1, 0.15) is 29.2 Å². The lowest BCUT2D eigenvalue weighted by atomic mass is 10.2. The first-order valence-corrected chi connectivity index (χ1v) is 5.86. The quantitative estimate of drug-likeness (QED) is 0.660. The number of benzene rings is 1. The van der Waals surface area contributed by atoms with Crippen molar-refractivity contribution >= 4 is 29.1 Å². The van der Waals surface area contributed by atoms with Gasteiger partial charge in [-0.15, -0.1) is 15.1 Å². The monoisotopic (exact) mass is 284 g/mol. The van der Waals surface area contributed by atoms with Gasteiger partial charge in [0.25, 0.3) is 0 Å². The lowest BCUT2D eigenvalue weighted by Gasteiger charge is -2.01. The van der Waals surface area contributed by atoms with Crippen molar-refractivity contribution in [2.45, 2.75) is 6.42 Å². The molecule has 9 heteroatoms. The van der Waals surface area contributed by atoms with Crippen LogP contribution in [-0.4, -0.2) is 26.4 Å². The van der Waals surface area contributed by atoms with E-state index in [2.05, 4.69) is 30.4 Å². The van der Waals surface area contributed by atoms with E-state index in [1.165, 1.54) is 6.33 Å². The van der Waals surface area contributed by atoms with Gasteiger partial charge in [0.2, 0.25) is 5.82 Å². The molecule has 21 heavy (non-hydrogen) atoms. The molecule has 0 saturated heterocycles. The molecule has 2 heterocycles. The molecule has 0 amide bonds. The first-order chi connectivity index (χ1) is 10.2. The molecule has 104 valence electrons. The second kappa shape index (κ2) is 5.04. The molecule has 1 aliphatic heterocycles. The Balaban J connectivity index is 1.99. The number of aromatic nitrogens is 2. The topological polar surface area (TPSA) is 133 Å². The van der Waals surface area contributed by atoms with Crippen LogP contribution in [0.2, 0.25) is 0 Å². The fourth-order valence-corrected chi connectivity index (χ4v) is 1.79. The number of hydrogen-bond donors (Lipinski definition) is 2. The van der Waals surface area contributed by atoms with Crippen molar-refractivity contribution in [2.75, 3.05) is 0 Å². The summed E-state index contributed by atoms with van der Waals surface area (Å²) in [5.41, 5.74) is 1.00. The van der Waals surface area contributed by atoms with Crippen LogP contribution in [0.1, 0.15) is 5.69 Å². The maximum absolute atomic E-state index is 10.5. The Morgan fingerprint density at radius 2 is 1.86 bits per heavy atom. The number of phenols is 2. The number of phenolic OH excluding ortho intramolecular Hbond substituents is 2. The maximum atomic E-state index is 10.5. The third-order valence-electron chi connectivity index (χ3n) is 2.81. The second-order valence-corrected chi connectivity index (χ2v) is 4.13. The summed E-state index contributed by atoms with van der Waals surface area (Å²) >= 11 is 0. The van der Waals surface area contributed by atoms with Crippen LogP contribution in [0, 0.1) is 4.91 Å². The summed E-state index contributed by atoms with van der Waals surface area (Å²) in [5, 5.41) is 29.3. The highest BCUT2D eigenvalue weighted by molar-refractivity contribution is 5.79. The van der Waals surface area contributed by atoms with Crippen LogP contribution in [0.15, 0.2) is 38.9 Å². The van der Waals surface area contributed by atoms with Gasteiger partial charge in [0.15, 0.2) is 5.69 Å². The fourth-order valence-electron chi connectivity index (χ4n) is 1.79. The molecule has 9 nitrogen and oxygen atoms in total. The normalized spacial score (nSPS) is 12.8. The first kappa shape index (κ1) is 12.8. The maximum Gasteiger partial charge on any atom is 0.203 e. The Kier molecular flexibility index (Phi) is 3.07. The Bertz CT molecular complexity index is 787. The third kappa shape index (κ3) is 2.31. The number of fused-ring (bicyclic) bond motifs is 1. The van der Waals surface area contributed by atoms with Gasteiger partial charge in [-0.3, -0.25) is 4.99 Å². The lowest BCUT2D eigenvalue weighted by Crippen LogP contribution is -1.86. The minimum absolute atomic E-state index is 0.0169. The Morgan fingerprint density at radius 3 is 2.67 bits per heavy atom.